The van der Waals surface area contributed by atoms with E-state index in [1.54, 1.807) is 0 Å². The van der Waals surface area contributed by atoms with Crippen molar-refractivity contribution < 1.29 is 13.6 Å². The fourth-order valence-electron chi connectivity index (χ4n) is 3.52. The van der Waals surface area contributed by atoms with Crippen LogP contribution in [0.2, 0.25) is 0 Å². The summed E-state index contributed by atoms with van der Waals surface area (Å²) in [6.45, 7) is 2.56. The van der Waals surface area contributed by atoms with Crippen LogP contribution in [0.1, 0.15) is 12.5 Å². The summed E-state index contributed by atoms with van der Waals surface area (Å²) in [4.78, 5) is 12.1. The highest BCUT2D eigenvalue weighted by molar-refractivity contribution is 7.98. The molecule has 0 unspecified atom stereocenters. The molecule has 0 bridgehead atoms. The van der Waals surface area contributed by atoms with Gasteiger partial charge in [0, 0.05) is 22.8 Å². The Morgan fingerprint density at radius 1 is 0.968 bits per heavy atom. The third-order valence-electron chi connectivity index (χ3n) is 4.88. The van der Waals surface area contributed by atoms with Crippen LogP contribution in [0.4, 0.5) is 0 Å². The molecule has 0 fully saturated rings. The Balaban J connectivity index is 1.43. The highest BCUT2D eigenvalue weighted by Gasteiger charge is 2.13. The van der Waals surface area contributed by atoms with Gasteiger partial charge in [-0.15, -0.1) is 10.2 Å². The molecule has 0 aliphatic carbocycles. The molecule has 154 valence electrons. The molecular formula is C24H18N2O4S. The summed E-state index contributed by atoms with van der Waals surface area (Å²) in [6, 6.07) is 20.9. The number of thioether (sulfide) groups is 1. The topological polar surface area (TPSA) is 78.4 Å². The average molecular weight is 430 g/mol. The number of fused-ring (bicyclic) bond motifs is 3. The Morgan fingerprint density at radius 3 is 2.65 bits per heavy atom. The lowest BCUT2D eigenvalue weighted by atomic mass is 10.0. The zero-order valence-electron chi connectivity index (χ0n) is 16.7. The van der Waals surface area contributed by atoms with Crippen LogP contribution >= 0.6 is 11.8 Å². The van der Waals surface area contributed by atoms with Gasteiger partial charge in [-0.2, -0.15) is 0 Å². The molecule has 0 aliphatic rings. The van der Waals surface area contributed by atoms with Gasteiger partial charge in [0.2, 0.25) is 5.89 Å². The number of rotatable bonds is 6. The minimum absolute atomic E-state index is 0.376. The standard InChI is InChI=1S/C24H18N2O4S/c1-2-28-18-10-7-16(8-11-18)23-25-26-24(30-23)31-14-17-13-21(27)29-20-12-9-15-5-3-4-6-19(15)22(17)20/h3-13H,2,14H2,1H3. The monoisotopic (exact) mass is 430 g/mol. The van der Waals surface area contributed by atoms with Gasteiger partial charge in [0.15, 0.2) is 0 Å². The van der Waals surface area contributed by atoms with Gasteiger partial charge < -0.3 is 13.6 Å². The summed E-state index contributed by atoms with van der Waals surface area (Å²) < 4.78 is 16.7. The molecule has 0 atom stereocenters. The van der Waals surface area contributed by atoms with E-state index in [4.69, 9.17) is 13.6 Å². The van der Waals surface area contributed by atoms with Gasteiger partial charge >= 0.3 is 5.63 Å². The maximum atomic E-state index is 12.1. The van der Waals surface area contributed by atoms with Crippen LogP contribution in [0.5, 0.6) is 5.75 Å². The van der Waals surface area contributed by atoms with Gasteiger partial charge in [-0.1, -0.05) is 42.1 Å². The zero-order chi connectivity index (χ0) is 21.2. The van der Waals surface area contributed by atoms with E-state index in [0.717, 1.165) is 33.0 Å². The molecular weight excluding hydrogens is 412 g/mol. The fourth-order valence-corrected chi connectivity index (χ4v) is 4.26. The largest absolute Gasteiger partial charge is 0.494 e. The molecule has 2 aromatic heterocycles. The first-order valence-electron chi connectivity index (χ1n) is 9.85. The summed E-state index contributed by atoms with van der Waals surface area (Å²) in [6.07, 6.45) is 0. The fraction of sp³-hybridized carbons (Fsp3) is 0.125. The van der Waals surface area contributed by atoms with Crippen molar-refractivity contribution in [3.63, 3.8) is 0 Å². The molecule has 31 heavy (non-hydrogen) atoms. The SMILES string of the molecule is CCOc1ccc(-c2nnc(SCc3cc(=O)oc4ccc5ccccc5c34)o2)cc1. The lowest BCUT2D eigenvalue weighted by Gasteiger charge is -2.07. The van der Waals surface area contributed by atoms with E-state index in [2.05, 4.69) is 10.2 Å². The molecule has 0 saturated carbocycles. The van der Waals surface area contributed by atoms with Crippen molar-refractivity contribution in [1.82, 2.24) is 10.2 Å². The van der Waals surface area contributed by atoms with E-state index >= 15 is 0 Å². The average Bonchev–Trinajstić information content (AvgIpc) is 3.27. The molecule has 6 nitrogen and oxygen atoms in total. The lowest BCUT2D eigenvalue weighted by Crippen LogP contribution is -2.00. The van der Waals surface area contributed by atoms with E-state index in [1.165, 1.54) is 17.8 Å². The minimum atomic E-state index is -0.376. The first-order chi connectivity index (χ1) is 15.2. The highest BCUT2D eigenvalue weighted by atomic mass is 32.2. The van der Waals surface area contributed by atoms with E-state index < -0.39 is 0 Å². The molecule has 3 aromatic carbocycles. The van der Waals surface area contributed by atoms with Gasteiger partial charge in [-0.25, -0.2) is 4.79 Å². The summed E-state index contributed by atoms with van der Waals surface area (Å²) in [5, 5.41) is 11.8. The molecule has 0 saturated heterocycles. The van der Waals surface area contributed by atoms with Gasteiger partial charge in [-0.3, -0.25) is 0 Å². The molecule has 5 aromatic rings. The number of aromatic nitrogens is 2. The van der Waals surface area contributed by atoms with Gasteiger partial charge in [-0.05, 0) is 53.6 Å². The van der Waals surface area contributed by atoms with Gasteiger partial charge in [0.1, 0.15) is 11.3 Å². The molecule has 7 heteroatoms. The summed E-state index contributed by atoms with van der Waals surface area (Å²) in [5.74, 6) is 1.73. The molecule has 2 heterocycles. The van der Waals surface area contributed by atoms with Crippen molar-refractivity contribution in [2.75, 3.05) is 6.61 Å². The molecule has 0 radical (unpaired) electrons. The van der Waals surface area contributed by atoms with Crippen LogP contribution in [0.25, 0.3) is 33.2 Å². The second-order valence-electron chi connectivity index (χ2n) is 6.87. The Morgan fingerprint density at radius 2 is 1.81 bits per heavy atom. The van der Waals surface area contributed by atoms with Crippen LogP contribution < -0.4 is 10.4 Å². The summed E-state index contributed by atoms with van der Waals surface area (Å²) in [5.41, 5.74) is 1.88. The molecule has 5 rings (SSSR count). The van der Waals surface area contributed by atoms with Crippen LogP contribution in [-0.4, -0.2) is 16.8 Å². The van der Waals surface area contributed by atoms with Crippen LogP contribution in [0.3, 0.4) is 0 Å². The van der Waals surface area contributed by atoms with Crippen LogP contribution in [0.15, 0.2) is 85.6 Å². The molecule has 0 spiro atoms. The summed E-state index contributed by atoms with van der Waals surface area (Å²) in [7, 11) is 0. The predicted molar refractivity (Wildman–Crippen MR) is 120 cm³/mol. The van der Waals surface area contributed by atoms with E-state index in [9.17, 15) is 4.79 Å². The van der Waals surface area contributed by atoms with Gasteiger partial charge in [0.25, 0.3) is 5.22 Å². The Bertz CT molecular complexity index is 1420. The normalized spacial score (nSPS) is 11.3. The number of ether oxygens (including phenoxy) is 1. The highest BCUT2D eigenvalue weighted by Crippen LogP contribution is 2.32. The van der Waals surface area contributed by atoms with Gasteiger partial charge in [0.05, 0.1) is 6.61 Å². The number of benzene rings is 3. The summed E-state index contributed by atoms with van der Waals surface area (Å²) >= 11 is 1.39. The van der Waals surface area contributed by atoms with Crippen molar-refractivity contribution in [2.24, 2.45) is 0 Å². The third kappa shape index (κ3) is 3.92. The Labute approximate surface area is 181 Å². The van der Waals surface area contributed by atoms with Crippen molar-refractivity contribution in [3.05, 3.63) is 82.7 Å². The predicted octanol–water partition coefficient (Wildman–Crippen LogP) is 5.69. The van der Waals surface area contributed by atoms with E-state index in [1.807, 2.05) is 67.6 Å². The Hall–Kier alpha value is -3.58. The van der Waals surface area contributed by atoms with E-state index in [-0.39, 0.29) is 5.63 Å². The second-order valence-corrected chi connectivity index (χ2v) is 7.80. The smallest absolute Gasteiger partial charge is 0.336 e. The number of hydrogen-bond donors (Lipinski definition) is 0. The van der Waals surface area contributed by atoms with Crippen molar-refractivity contribution >= 4 is 33.5 Å². The third-order valence-corrected chi connectivity index (χ3v) is 5.75. The maximum absolute atomic E-state index is 12.1. The Kier molecular flexibility index (Phi) is 5.18. The van der Waals surface area contributed by atoms with Crippen LogP contribution in [-0.2, 0) is 5.75 Å². The first-order valence-corrected chi connectivity index (χ1v) is 10.8. The molecule has 0 N–H and O–H groups in total. The van der Waals surface area contributed by atoms with Crippen LogP contribution in [0, 0.1) is 0 Å². The zero-order valence-corrected chi connectivity index (χ0v) is 17.5. The number of hydrogen-bond acceptors (Lipinski definition) is 7. The minimum Gasteiger partial charge on any atom is -0.494 e. The first kappa shape index (κ1) is 19.4. The van der Waals surface area contributed by atoms with Crippen molar-refractivity contribution in [3.8, 4) is 17.2 Å². The van der Waals surface area contributed by atoms with Crippen molar-refractivity contribution in [2.45, 2.75) is 17.9 Å². The lowest BCUT2D eigenvalue weighted by molar-refractivity contribution is 0.340. The van der Waals surface area contributed by atoms with E-state index in [0.29, 0.717) is 29.1 Å². The quantitative estimate of drug-likeness (QED) is 0.195. The number of nitrogens with zero attached hydrogens (tertiary/aromatic N) is 2. The maximum Gasteiger partial charge on any atom is 0.336 e. The second kappa shape index (κ2) is 8.28. The van der Waals surface area contributed by atoms with Crippen molar-refractivity contribution in [1.29, 1.82) is 0 Å². The molecule has 0 aliphatic heterocycles. The molecule has 0 amide bonds.